The van der Waals surface area contributed by atoms with Crippen molar-refractivity contribution in [1.82, 2.24) is 4.98 Å². The maximum atomic E-state index is 5.06. The van der Waals surface area contributed by atoms with Gasteiger partial charge in [0.05, 0.1) is 5.69 Å². The summed E-state index contributed by atoms with van der Waals surface area (Å²) in [5.74, 6) is 5.06. The summed E-state index contributed by atoms with van der Waals surface area (Å²) in [6, 6.07) is 0. The van der Waals surface area contributed by atoms with Crippen LogP contribution in [-0.2, 0) is 0 Å². The van der Waals surface area contributed by atoms with Crippen molar-refractivity contribution in [2.24, 2.45) is 5.84 Å². The third-order valence-corrected chi connectivity index (χ3v) is 1.63. The van der Waals surface area contributed by atoms with Crippen LogP contribution in [0.2, 0.25) is 0 Å². The Kier molecular flexibility index (Phi) is 3.53. The molecule has 9 heavy (non-hydrogen) atoms. The van der Waals surface area contributed by atoms with Gasteiger partial charge in [0, 0.05) is 5.38 Å². The van der Waals surface area contributed by atoms with Crippen LogP contribution in [0.15, 0.2) is 5.38 Å². The van der Waals surface area contributed by atoms with Crippen LogP contribution in [0.5, 0.6) is 0 Å². The van der Waals surface area contributed by atoms with Gasteiger partial charge in [-0.25, -0.2) is 10.8 Å². The molecular weight excluding hydrogens is 158 g/mol. The van der Waals surface area contributed by atoms with Crippen LogP contribution >= 0.6 is 23.7 Å². The molecule has 5 heteroatoms. The van der Waals surface area contributed by atoms with Gasteiger partial charge in [-0.05, 0) is 6.92 Å². The molecule has 0 aliphatic carbocycles. The topological polar surface area (TPSA) is 50.9 Å². The molecule has 0 unspecified atom stereocenters. The van der Waals surface area contributed by atoms with Gasteiger partial charge in [-0.3, -0.25) is 5.43 Å². The van der Waals surface area contributed by atoms with E-state index in [0.717, 1.165) is 10.8 Å². The minimum absolute atomic E-state index is 0. The van der Waals surface area contributed by atoms with E-state index in [-0.39, 0.29) is 12.4 Å². The summed E-state index contributed by atoms with van der Waals surface area (Å²) in [6.45, 7) is 1.93. The molecule has 1 rings (SSSR count). The van der Waals surface area contributed by atoms with Crippen LogP contribution in [0.1, 0.15) is 5.69 Å². The molecule has 3 nitrogen and oxygen atoms in total. The van der Waals surface area contributed by atoms with Crippen molar-refractivity contribution in [3.05, 3.63) is 11.1 Å². The van der Waals surface area contributed by atoms with Gasteiger partial charge >= 0.3 is 0 Å². The first-order valence-corrected chi connectivity index (χ1v) is 3.09. The van der Waals surface area contributed by atoms with Crippen LogP contribution in [0.25, 0.3) is 0 Å². The van der Waals surface area contributed by atoms with Gasteiger partial charge in [0.1, 0.15) is 0 Å². The van der Waals surface area contributed by atoms with Crippen molar-refractivity contribution < 1.29 is 0 Å². The van der Waals surface area contributed by atoms with Gasteiger partial charge in [-0.15, -0.1) is 23.7 Å². The van der Waals surface area contributed by atoms with E-state index >= 15 is 0 Å². The van der Waals surface area contributed by atoms with Gasteiger partial charge in [0.2, 0.25) is 0 Å². The summed E-state index contributed by atoms with van der Waals surface area (Å²) in [6.07, 6.45) is 0. The number of aromatic nitrogens is 1. The normalized spacial score (nSPS) is 8.22. The number of nitrogens with two attached hydrogens (primary N) is 1. The van der Waals surface area contributed by atoms with Gasteiger partial charge in [0.15, 0.2) is 5.13 Å². The standard InChI is InChI=1S/C4H7N3S.ClH/c1-3-2-8-4(6-3)7-5;/h2H,5H2,1H3,(H,6,7);1H. The van der Waals surface area contributed by atoms with Crippen molar-refractivity contribution >= 4 is 28.9 Å². The van der Waals surface area contributed by atoms with E-state index in [1.165, 1.54) is 11.3 Å². The molecule has 3 N–H and O–H groups in total. The first kappa shape index (κ1) is 8.68. The number of anilines is 1. The number of rotatable bonds is 1. The molecule has 0 spiro atoms. The average Bonchev–Trinajstić information content (AvgIpc) is 2.14. The van der Waals surface area contributed by atoms with E-state index in [4.69, 9.17) is 5.84 Å². The predicted molar refractivity (Wildman–Crippen MR) is 41.9 cm³/mol. The van der Waals surface area contributed by atoms with Crippen LogP contribution in [-0.4, -0.2) is 4.98 Å². The lowest BCUT2D eigenvalue weighted by Gasteiger charge is -1.85. The summed E-state index contributed by atoms with van der Waals surface area (Å²) in [4.78, 5) is 4.01. The third kappa shape index (κ3) is 2.17. The molecule has 0 bridgehead atoms. The van der Waals surface area contributed by atoms with Crippen LogP contribution in [0.3, 0.4) is 0 Å². The summed E-state index contributed by atoms with van der Waals surface area (Å²) in [5.41, 5.74) is 3.46. The van der Waals surface area contributed by atoms with Gasteiger partial charge in [-0.2, -0.15) is 0 Å². The smallest absolute Gasteiger partial charge is 0.197 e. The Morgan fingerprint density at radius 1 is 1.78 bits per heavy atom. The number of hydrogen-bond donors (Lipinski definition) is 2. The number of nitrogen functional groups attached to an aromatic ring is 1. The quantitative estimate of drug-likeness (QED) is 0.485. The highest BCUT2D eigenvalue weighted by Gasteiger charge is 1.90. The Balaban J connectivity index is 0.000000640. The molecule has 0 aliphatic rings. The molecule has 0 fully saturated rings. The molecule has 1 aromatic heterocycles. The van der Waals surface area contributed by atoms with E-state index in [2.05, 4.69) is 10.4 Å². The molecule has 0 aromatic carbocycles. The molecule has 0 amide bonds. The second-order valence-corrected chi connectivity index (χ2v) is 2.30. The minimum atomic E-state index is 0. The van der Waals surface area contributed by atoms with Gasteiger partial charge in [-0.1, -0.05) is 0 Å². The SMILES string of the molecule is Cc1csc(NN)n1.Cl. The van der Waals surface area contributed by atoms with Gasteiger partial charge < -0.3 is 0 Å². The first-order chi connectivity index (χ1) is 3.83. The largest absolute Gasteiger partial charge is 0.300 e. The molecule has 0 saturated heterocycles. The average molecular weight is 166 g/mol. The second-order valence-electron chi connectivity index (χ2n) is 1.44. The molecule has 0 atom stereocenters. The summed E-state index contributed by atoms with van der Waals surface area (Å²) < 4.78 is 0. The third-order valence-electron chi connectivity index (χ3n) is 0.742. The zero-order chi connectivity index (χ0) is 5.98. The Hall–Kier alpha value is -0.320. The lowest BCUT2D eigenvalue weighted by Crippen LogP contribution is -2.05. The Labute approximate surface area is 63.7 Å². The van der Waals surface area contributed by atoms with Crippen molar-refractivity contribution in [3.8, 4) is 0 Å². The summed E-state index contributed by atoms with van der Waals surface area (Å²) in [7, 11) is 0. The van der Waals surface area contributed by atoms with E-state index in [1.807, 2.05) is 12.3 Å². The lowest BCUT2D eigenvalue weighted by atomic mass is 10.6. The fraction of sp³-hybridized carbons (Fsp3) is 0.250. The van der Waals surface area contributed by atoms with E-state index in [0.29, 0.717) is 0 Å². The number of nitrogens with one attached hydrogen (secondary N) is 1. The predicted octanol–water partition coefficient (Wildman–Crippen LogP) is 1.16. The molecule has 0 radical (unpaired) electrons. The van der Waals surface area contributed by atoms with Crippen molar-refractivity contribution in [2.45, 2.75) is 6.92 Å². The number of thiazole rings is 1. The highest BCUT2D eigenvalue weighted by Crippen LogP contribution is 2.11. The fourth-order valence-electron chi connectivity index (χ4n) is 0.420. The van der Waals surface area contributed by atoms with Crippen LogP contribution in [0, 0.1) is 6.92 Å². The van der Waals surface area contributed by atoms with Crippen LogP contribution in [0.4, 0.5) is 5.13 Å². The zero-order valence-electron chi connectivity index (χ0n) is 4.92. The van der Waals surface area contributed by atoms with Crippen molar-refractivity contribution in [3.63, 3.8) is 0 Å². The van der Waals surface area contributed by atoms with E-state index < -0.39 is 0 Å². The highest BCUT2D eigenvalue weighted by molar-refractivity contribution is 7.13. The number of hydrazine groups is 1. The highest BCUT2D eigenvalue weighted by atomic mass is 35.5. The van der Waals surface area contributed by atoms with E-state index in [9.17, 15) is 0 Å². The molecule has 0 aliphatic heterocycles. The number of aryl methyl sites for hydroxylation is 1. The minimum Gasteiger partial charge on any atom is -0.300 e. The second kappa shape index (κ2) is 3.66. The van der Waals surface area contributed by atoms with Crippen molar-refractivity contribution in [1.29, 1.82) is 0 Å². The number of nitrogens with zero attached hydrogens (tertiary/aromatic N) is 1. The monoisotopic (exact) mass is 165 g/mol. The zero-order valence-corrected chi connectivity index (χ0v) is 6.55. The molecular formula is C4H8ClN3S. The van der Waals surface area contributed by atoms with E-state index in [1.54, 1.807) is 0 Å². The maximum absolute atomic E-state index is 5.06. The first-order valence-electron chi connectivity index (χ1n) is 2.21. The molecule has 52 valence electrons. The molecule has 1 aromatic rings. The Morgan fingerprint density at radius 3 is 2.67 bits per heavy atom. The lowest BCUT2D eigenvalue weighted by molar-refractivity contribution is 1.22. The maximum Gasteiger partial charge on any atom is 0.197 e. The summed E-state index contributed by atoms with van der Waals surface area (Å²) in [5, 5.41) is 2.71. The Bertz CT molecular complexity index is 176. The molecule has 0 saturated carbocycles. The number of hydrogen-bond acceptors (Lipinski definition) is 4. The van der Waals surface area contributed by atoms with Crippen molar-refractivity contribution in [2.75, 3.05) is 5.43 Å². The van der Waals surface area contributed by atoms with Crippen LogP contribution < -0.4 is 11.3 Å². The number of halogens is 1. The fourth-order valence-corrected chi connectivity index (χ4v) is 1.02. The van der Waals surface area contributed by atoms with Gasteiger partial charge in [0.25, 0.3) is 0 Å². The molecule has 1 heterocycles. The Morgan fingerprint density at radius 2 is 2.44 bits per heavy atom. The summed E-state index contributed by atoms with van der Waals surface area (Å²) >= 11 is 1.50.